The van der Waals surface area contributed by atoms with Gasteiger partial charge in [-0.25, -0.2) is 4.98 Å². The molecule has 0 bridgehead atoms. The molecule has 1 aromatic carbocycles. The molecular weight excluding hydrogens is 322 g/mol. The third-order valence-electron chi connectivity index (χ3n) is 4.17. The van der Waals surface area contributed by atoms with E-state index in [1.54, 1.807) is 0 Å². The first-order chi connectivity index (χ1) is 11.6. The van der Waals surface area contributed by atoms with Crippen molar-refractivity contribution in [3.05, 3.63) is 51.9 Å². The molecule has 1 aliphatic carbocycles. The van der Waals surface area contributed by atoms with Gasteiger partial charge in [-0.1, -0.05) is 30.3 Å². The first-order valence-electron chi connectivity index (χ1n) is 7.97. The zero-order valence-corrected chi connectivity index (χ0v) is 14.1. The van der Waals surface area contributed by atoms with Crippen LogP contribution in [0.1, 0.15) is 17.7 Å². The van der Waals surface area contributed by atoms with Crippen molar-refractivity contribution < 1.29 is 4.79 Å². The first-order valence-corrected chi connectivity index (χ1v) is 8.78. The number of aryl methyl sites for hydroxylation is 1. The molecule has 1 amide bonds. The third kappa shape index (κ3) is 2.73. The molecule has 122 valence electrons. The van der Waals surface area contributed by atoms with Crippen molar-refractivity contribution in [3.8, 4) is 11.1 Å². The van der Waals surface area contributed by atoms with E-state index in [1.165, 1.54) is 22.2 Å². The molecule has 5 nitrogen and oxygen atoms in total. The van der Waals surface area contributed by atoms with E-state index in [2.05, 4.69) is 10.3 Å². The normalized spacial score (nSPS) is 14.0. The lowest BCUT2D eigenvalue weighted by Gasteiger charge is -2.07. The molecule has 1 saturated carbocycles. The average Bonchev–Trinajstić information content (AvgIpc) is 3.31. The topological polar surface area (TPSA) is 64.0 Å². The molecule has 2 heterocycles. The van der Waals surface area contributed by atoms with Gasteiger partial charge in [-0.2, -0.15) is 0 Å². The predicted molar refractivity (Wildman–Crippen MR) is 95.2 cm³/mol. The number of nitrogens with zero attached hydrogens (tertiary/aromatic N) is 2. The second kappa shape index (κ2) is 5.87. The van der Waals surface area contributed by atoms with Gasteiger partial charge in [0.1, 0.15) is 11.4 Å². The fourth-order valence-corrected chi connectivity index (χ4v) is 3.86. The zero-order chi connectivity index (χ0) is 16.7. The number of aromatic nitrogens is 2. The fraction of sp³-hybridized carbons (Fsp3) is 0.278. The Kier molecular flexibility index (Phi) is 3.69. The highest BCUT2D eigenvalue weighted by Gasteiger charge is 2.24. The first kappa shape index (κ1) is 15.1. The van der Waals surface area contributed by atoms with Crippen LogP contribution in [0.25, 0.3) is 21.3 Å². The Hall–Kier alpha value is -2.47. The van der Waals surface area contributed by atoms with Crippen LogP contribution in [0.2, 0.25) is 0 Å². The Balaban J connectivity index is 1.79. The van der Waals surface area contributed by atoms with E-state index in [9.17, 15) is 9.59 Å². The van der Waals surface area contributed by atoms with E-state index in [0.29, 0.717) is 5.39 Å². The van der Waals surface area contributed by atoms with Gasteiger partial charge in [-0.05, 0) is 25.3 Å². The highest BCUT2D eigenvalue weighted by molar-refractivity contribution is 7.19. The van der Waals surface area contributed by atoms with Crippen molar-refractivity contribution in [1.82, 2.24) is 14.9 Å². The Morgan fingerprint density at radius 1 is 1.33 bits per heavy atom. The predicted octanol–water partition coefficient (Wildman–Crippen LogP) is 2.71. The van der Waals surface area contributed by atoms with Crippen molar-refractivity contribution in [2.45, 2.75) is 32.4 Å². The monoisotopic (exact) mass is 339 g/mol. The van der Waals surface area contributed by atoms with Gasteiger partial charge in [0.15, 0.2) is 0 Å². The lowest BCUT2D eigenvalue weighted by atomic mass is 10.0. The highest BCUT2D eigenvalue weighted by atomic mass is 32.1. The van der Waals surface area contributed by atoms with Crippen LogP contribution in [-0.4, -0.2) is 21.5 Å². The number of carbonyl (C=O) groups excluding carboxylic acids is 1. The summed E-state index contributed by atoms with van der Waals surface area (Å²) in [6, 6.07) is 10.1. The van der Waals surface area contributed by atoms with E-state index in [4.69, 9.17) is 0 Å². The van der Waals surface area contributed by atoms with Gasteiger partial charge in [-0.3, -0.25) is 14.2 Å². The lowest BCUT2D eigenvalue weighted by Crippen LogP contribution is -2.33. The molecule has 0 atom stereocenters. The number of thiophene rings is 1. The van der Waals surface area contributed by atoms with Gasteiger partial charge >= 0.3 is 0 Å². The number of fused-ring (bicyclic) bond motifs is 1. The van der Waals surface area contributed by atoms with Crippen LogP contribution in [0.15, 0.2) is 41.5 Å². The summed E-state index contributed by atoms with van der Waals surface area (Å²) in [5.74, 6) is -0.131. The summed E-state index contributed by atoms with van der Waals surface area (Å²) in [6.07, 6.45) is 3.53. The second-order valence-corrected chi connectivity index (χ2v) is 7.30. The Bertz CT molecular complexity index is 971. The summed E-state index contributed by atoms with van der Waals surface area (Å²) in [7, 11) is 0. The Morgan fingerprint density at radius 3 is 2.79 bits per heavy atom. The summed E-state index contributed by atoms with van der Waals surface area (Å²) >= 11 is 1.51. The smallest absolute Gasteiger partial charge is 0.263 e. The van der Waals surface area contributed by atoms with Gasteiger partial charge in [-0.15, -0.1) is 11.3 Å². The van der Waals surface area contributed by atoms with Crippen LogP contribution in [0.3, 0.4) is 0 Å². The van der Waals surface area contributed by atoms with Gasteiger partial charge in [0, 0.05) is 16.5 Å². The maximum Gasteiger partial charge on any atom is 0.263 e. The van der Waals surface area contributed by atoms with E-state index >= 15 is 0 Å². The van der Waals surface area contributed by atoms with Crippen molar-refractivity contribution in [2.75, 3.05) is 0 Å². The largest absolute Gasteiger partial charge is 0.352 e. The maximum atomic E-state index is 12.9. The number of hydrogen-bond donors (Lipinski definition) is 1. The molecule has 4 rings (SSSR count). The van der Waals surface area contributed by atoms with Crippen LogP contribution in [0, 0.1) is 6.92 Å². The molecule has 1 fully saturated rings. The van der Waals surface area contributed by atoms with Gasteiger partial charge in [0.25, 0.3) is 5.56 Å². The average molecular weight is 339 g/mol. The minimum Gasteiger partial charge on any atom is -0.352 e. The van der Waals surface area contributed by atoms with E-state index in [1.807, 2.05) is 37.3 Å². The number of nitrogens with one attached hydrogen (secondary N) is 1. The molecule has 1 aliphatic rings. The molecule has 0 unspecified atom stereocenters. The summed E-state index contributed by atoms with van der Waals surface area (Å²) in [5.41, 5.74) is 1.76. The second-order valence-electron chi connectivity index (χ2n) is 6.10. The van der Waals surface area contributed by atoms with Gasteiger partial charge in [0.2, 0.25) is 5.91 Å². The molecular formula is C18H17N3O2S. The van der Waals surface area contributed by atoms with Gasteiger partial charge < -0.3 is 5.32 Å². The van der Waals surface area contributed by atoms with E-state index in [0.717, 1.165) is 33.7 Å². The zero-order valence-electron chi connectivity index (χ0n) is 13.3. The fourth-order valence-electron chi connectivity index (χ4n) is 2.86. The minimum absolute atomic E-state index is 0.0153. The van der Waals surface area contributed by atoms with E-state index in [-0.39, 0.29) is 24.1 Å². The van der Waals surface area contributed by atoms with Crippen molar-refractivity contribution in [1.29, 1.82) is 0 Å². The number of hydrogen-bond acceptors (Lipinski definition) is 4. The molecule has 2 aromatic heterocycles. The van der Waals surface area contributed by atoms with Crippen LogP contribution in [0.5, 0.6) is 0 Å². The molecule has 6 heteroatoms. The number of rotatable bonds is 4. The Morgan fingerprint density at radius 2 is 2.08 bits per heavy atom. The number of carbonyl (C=O) groups is 1. The summed E-state index contributed by atoms with van der Waals surface area (Å²) in [4.78, 5) is 31.1. The van der Waals surface area contributed by atoms with Gasteiger partial charge in [0.05, 0.1) is 11.7 Å². The number of benzene rings is 1. The van der Waals surface area contributed by atoms with Crippen LogP contribution < -0.4 is 10.9 Å². The minimum atomic E-state index is -0.158. The molecule has 0 spiro atoms. The third-order valence-corrected chi connectivity index (χ3v) is 5.19. The highest BCUT2D eigenvalue weighted by Crippen LogP contribution is 2.35. The van der Waals surface area contributed by atoms with Crippen LogP contribution >= 0.6 is 11.3 Å². The van der Waals surface area contributed by atoms with Crippen molar-refractivity contribution in [3.63, 3.8) is 0 Å². The number of amides is 1. The van der Waals surface area contributed by atoms with Crippen molar-refractivity contribution in [2.24, 2.45) is 0 Å². The van der Waals surface area contributed by atoms with E-state index < -0.39 is 0 Å². The summed E-state index contributed by atoms with van der Waals surface area (Å²) in [6.45, 7) is 2.01. The maximum absolute atomic E-state index is 12.9. The summed E-state index contributed by atoms with van der Waals surface area (Å²) in [5, 5.41) is 3.51. The molecule has 0 aliphatic heterocycles. The standard InChI is InChI=1S/C18H17N3O2S/c1-11-15(12-5-3-2-4-6-12)16-17(24-11)19-10-21(18(16)23)9-14(22)20-13-7-8-13/h2-6,10,13H,7-9H2,1H3,(H,20,22). The summed E-state index contributed by atoms with van der Waals surface area (Å²) < 4.78 is 1.40. The Labute approximate surface area is 143 Å². The lowest BCUT2D eigenvalue weighted by molar-refractivity contribution is -0.121. The quantitative estimate of drug-likeness (QED) is 0.795. The SMILES string of the molecule is Cc1sc2ncn(CC(=O)NC3CC3)c(=O)c2c1-c1ccccc1. The molecule has 0 saturated heterocycles. The molecule has 24 heavy (non-hydrogen) atoms. The van der Waals surface area contributed by atoms with Crippen molar-refractivity contribution >= 4 is 27.5 Å². The molecule has 1 N–H and O–H groups in total. The molecule has 3 aromatic rings. The molecule has 0 radical (unpaired) electrons. The van der Waals surface area contributed by atoms with Crippen LogP contribution in [0.4, 0.5) is 0 Å². The van der Waals surface area contributed by atoms with Crippen LogP contribution in [-0.2, 0) is 11.3 Å².